The number of nitrogens with zero attached hydrogens (tertiary/aromatic N) is 2. The van der Waals surface area contributed by atoms with Crippen LogP contribution in [-0.2, 0) is 0 Å². The first-order valence-corrected chi connectivity index (χ1v) is 19.4. The maximum absolute atomic E-state index is 10.2. The van der Waals surface area contributed by atoms with Crippen LogP contribution < -0.4 is 0 Å². The molecule has 0 aliphatic rings. The Bertz CT molecular complexity index is 2990. The summed E-state index contributed by atoms with van der Waals surface area (Å²) in [5.74, 6) is 0. The third kappa shape index (κ3) is 5.45. The smallest absolute Gasteiger partial charge is 0.0998 e. The Balaban J connectivity index is 1.01. The van der Waals surface area contributed by atoms with Crippen LogP contribution in [0.3, 0.4) is 0 Å². The van der Waals surface area contributed by atoms with Gasteiger partial charge >= 0.3 is 0 Å². The number of fused-ring (bicyclic) bond motifs is 6. The molecule has 0 N–H and O–H groups in total. The zero-order chi connectivity index (χ0) is 36.2. The minimum atomic E-state index is 0.636. The monoisotopic (exact) mass is 720 g/mol. The third-order valence-corrected chi connectivity index (χ3v) is 12.7. The Labute approximate surface area is 320 Å². The van der Waals surface area contributed by atoms with Crippen LogP contribution in [-0.4, -0.2) is 0 Å². The third-order valence-electron chi connectivity index (χ3n) is 10.4. The topological polar surface area (TPSA) is 47.6 Å². The van der Waals surface area contributed by atoms with Crippen molar-refractivity contribution in [3.8, 4) is 67.8 Å². The number of benzene rings is 8. The largest absolute Gasteiger partial charge is 0.192 e. The van der Waals surface area contributed by atoms with Crippen LogP contribution in [0.25, 0.3) is 96.0 Å². The van der Waals surface area contributed by atoms with Crippen molar-refractivity contribution in [2.45, 2.75) is 0 Å². The fraction of sp³-hybridized carbons (Fsp3) is 0. The van der Waals surface area contributed by atoms with Gasteiger partial charge in [0, 0.05) is 51.5 Å². The van der Waals surface area contributed by atoms with Gasteiger partial charge in [0.15, 0.2) is 0 Å². The molecule has 0 radical (unpaired) electrons. The highest BCUT2D eigenvalue weighted by molar-refractivity contribution is 7.26. The number of rotatable bonds is 5. The maximum atomic E-state index is 10.2. The fourth-order valence-corrected chi connectivity index (χ4v) is 9.95. The molecule has 2 heterocycles. The molecule has 0 saturated carbocycles. The van der Waals surface area contributed by atoms with E-state index >= 15 is 0 Å². The summed E-state index contributed by atoms with van der Waals surface area (Å²) in [6, 6.07) is 64.3. The van der Waals surface area contributed by atoms with Crippen molar-refractivity contribution in [2.24, 2.45) is 0 Å². The van der Waals surface area contributed by atoms with Crippen molar-refractivity contribution in [1.82, 2.24) is 0 Å². The molecule has 0 spiro atoms. The molecule has 8 aromatic carbocycles. The summed E-state index contributed by atoms with van der Waals surface area (Å²) in [6.07, 6.45) is 0. The lowest BCUT2D eigenvalue weighted by molar-refractivity contribution is 1.47. The second kappa shape index (κ2) is 13.0. The predicted octanol–water partition coefficient (Wildman–Crippen LogP) is 14.5. The fourth-order valence-electron chi connectivity index (χ4n) is 7.66. The molecule has 2 nitrogen and oxygen atoms in total. The second-order valence-electron chi connectivity index (χ2n) is 13.5. The Morgan fingerprint density at radius 2 is 0.667 bits per heavy atom. The quantitative estimate of drug-likeness (QED) is 0.178. The average Bonchev–Trinajstić information content (AvgIpc) is 3.81. The van der Waals surface area contributed by atoms with E-state index in [1.807, 2.05) is 46.9 Å². The molecule has 0 unspecified atom stereocenters. The standard InChI is InChI=1S/C50H28N2S2/c51-29-39-17-15-33(35-19-21-43-41-11-1-3-13-47(41)53-49(43)27-35)25-45(39)37-9-5-7-31(23-37)32-8-6-10-38(24-32)46-26-34(16-18-40(46)30-52)36-20-22-44-42-12-2-4-14-48(42)54-50(44)28-36/h1-28H. The predicted molar refractivity (Wildman–Crippen MR) is 229 cm³/mol. The first kappa shape index (κ1) is 31.9. The molecule has 10 rings (SSSR count). The van der Waals surface area contributed by atoms with Gasteiger partial charge in [0.05, 0.1) is 23.3 Å². The van der Waals surface area contributed by atoms with Gasteiger partial charge in [0.2, 0.25) is 0 Å². The summed E-state index contributed by atoms with van der Waals surface area (Å²) in [6.45, 7) is 0. The maximum Gasteiger partial charge on any atom is 0.0998 e. The van der Waals surface area contributed by atoms with Crippen LogP contribution in [0.2, 0.25) is 0 Å². The first-order valence-electron chi connectivity index (χ1n) is 17.8. The van der Waals surface area contributed by atoms with Crippen molar-refractivity contribution < 1.29 is 0 Å². The average molecular weight is 721 g/mol. The lowest BCUT2D eigenvalue weighted by atomic mass is 9.91. The number of nitriles is 2. The molecule has 0 fully saturated rings. The van der Waals surface area contributed by atoms with E-state index in [-0.39, 0.29) is 0 Å². The minimum absolute atomic E-state index is 0.636. The molecule has 0 bridgehead atoms. The lowest BCUT2D eigenvalue weighted by Crippen LogP contribution is -1.89. The van der Waals surface area contributed by atoms with Crippen LogP contribution in [0, 0.1) is 22.7 Å². The molecular formula is C50H28N2S2. The number of hydrogen-bond acceptors (Lipinski definition) is 4. The molecule has 54 heavy (non-hydrogen) atoms. The lowest BCUT2D eigenvalue weighted by Gasteiger charge is -2.12. The number of hydrogen-bond donors (Lipinski definition) is 0. The van der Waals surface area contributed by atoms with Crippen LogP contribution in [0.4, 0.5) is 0 Å². The van der Waals surface area contributed by atoms with Crippen LogP contribution in [0.5, 0.6) is 0 Å². The molecule has 10 aromatic rings. The van der Waals surface area contributed by atoms with E-state index in [0.717, 1.165) is 55.6 Å². The van der Waals surface area contributed by atoms with Crippen molar-refractivity contribution in [1.29, 1.82) is 10.5 Å². The molecule has 0 amide bonds. The summed E-state index contributed by atoms with van der Waals surface area (Å²) >= 11 is 3.62. The number of thiophene rings is 2. The summed E-state index contributed by atoms with van der Waals surface area (Å²) in [5, 5.41) is 25.5. The Kier molecular flexibility index (Phi) is 7.67. The van der Waals surface area contributed by atoms with Gasteiger partial charge < -0.3 is 0 Å². The van der Waals surface area contributed by atoms with Crippen molar-refractivity contribution in [3.63, 3.8) is 0 Å². The van der Waals surface area contributed by atoms with Gasteiger partial charge in [0.1, 0.15) is 0 Å². The highest BCUT2D eigenvalue weighted by Gasteiger charge is 2.14. The summed E-state index contributed by atoms with van der Waals surface area (Å²) in [7, 11) is 0. The molecule has 0 saturated heterocycles. The van der Waals surface area contributed by atoms with E-state index in [1.54, 1.807) is 0 Å². The van der Waals surface area contributed by atoms with Gasteiger partial charge in [-0.25, -0.2) is 0 Å². The van der Waals surface area contributed by atoms with Crippen molar-refractivity contribution >= 4 is 63.0 Å². The highest BCUT2D eigenvalue weighted by Crippen LogP contribution is 2.40. The van der Waals surface area contributed by atoms with Gasteiger partial charge in [-0.2, -0.15) is 10.5 Å². The molecule has 0 aliphatic carbocycles. The van der Waals surface area contributed by atoms with Gasteiger partial charge in [-0.15, -0.1) is 22.7 Å². The second-order valence-corrected chi connectivity index (χ2v) is 15.7. The molecule has 2 aromatic heterocycles. The van der Waals surface area contributed by atoms with Crippen LogP contribution in [0.15, 0.2) is 170 Å². The normalized spacial score (nSPS) is 11.3. The van der Waals surface area contributed by atoms with Gasteiger partial charge in [-0.3, -0.25) is 0 Å². The summed E-state index contributed by atoms with van der Waals surface area (Å²) in [5.41, 5.74) is 11.5. The molecule has 0 atom stereocenters. The van der Waals surface area contributed by atoms with E-state index in [1.165, 1.54) is 40.3 Å². The van der Waals surface area contributed by atoms with E-state index in [4.69, 9.17) is 0 Å². The van der Waals surface area contributed by atoms with Crippen LogP contribution >= 0.6 is 22.7 Å². The van der Waals surface area contributed by atoms with E-state index in [9.17, 15) is 10.5 Å². The summed E-state index contributed by atoms with van der Waals surface area (Å²) in [4.78, 5) is 0. The molecular weight excluding hydrogens is 693 g/mol. The first-order chi connectivity index (χ1) is 26.6. The van der Waals surface area contributed by atoms with E-state index in [2.05, 4.69) is 158 Å². The zero-order valence-corrected chi connectivity index (χ0v) is 30.5. The highest BCUT2D eigenvalue weighted by atomic mass is 32.1. The SMILES string of the molecule is N#Cc1ccc(-c2ccc3c(c2)sc2ccccc23)cc1-c1cccc(-c2cccc(-c3cc(-c4ccc5c(c4)sc4ccccc45)ccc3C#N)c2)c1. The Morgan fingerprint density at radius 1 is 0.296 bits per heavy atom. The van der Waals surface area contributed by atoms with Gasteiger partial charge in [-0.1, -0.05) is 109 Å². The Morgan fingerprint density at radius 3 is 1.13 bits per heavy atom. The minimum Gasteiger partial charge on any atom is -0.192 e. The van der Waals surface area contributed by atoms with Crippen LogP contribution in [0.1, 0.15) is 11.1 Å². The summed E-state index contributed by atoms with van der Waals surface area (Å²) < 4.78 is 5.08. The molecule has 250 valence electrons. The van der Waals surface area contributed by atoms with Gasteiger partial charge in [-0.05, 0) is 105 Å². The van der Waals surface area contributed by atoms with Gasteiger partial charge in [0.25, 0.3) is 0 Å². The zero-order valence-electron chi connectivity index (χ0n) is 28.9. The molecule has 4 heteroatoms. The Hall–Kier alpha value is -6.82. The van der Waals surface area contributed by atoms with E-state index < -0.39 is 0 Å². The van der Waals surface area contributed by atoms with Crippen molar-refractivity contribution in [2.75, 3.05) is 0 Å². The molecule has 0 aliphatic heterocycles. The van der Waals surface area contributed by atoms with Crippen molar-refractivity contribution in [3.05, 3.63) is 181 Å². The van der Waals surface area contributed by atoms with E-state index in [0.29, 0.717) is 11.1 Å².